The van der Waals surface area contributed by atoms with Crippen molar-refractivity contribution in [2.24, 2.45) is 0 Å². The summed E-state index contributed by atoms with van der Waals surface area (Å²) in [6.45, 7) is 3.93. The molecule has 0 aliphatic heterocycles. The quantitative estimate of drug-likeness (QED) is 0.752. The third-order valence-corrected chi connectivity index (χ3v) is 5.41. The Balaban J connectivity index is 2.27. The Kier molecular flexibility index (Phi) is 6.85. The summed E-state index contributed by atoms with van der Waals surface area (Å²) in [6.07, 6.45) is 1.46. The highest BCUT2D eigenvalue weighted by Crippen LogP contribution is 2.24. The first-order valence-electron chi connectivity index (χ1n) is 8.73. The SMILES string of the molecule is CC[C@@H](C(=O)NCc1ccccc1OC)N(c1cccc(C)c1)S(C)(=O)=O. The normalized spacial score (nSPS) is 12.3. The summed E-state index contributed by atoms with van der Waals surface area (Å²) < 4.78 is 31.4. The monoisotopic (exact) mass is 390 g/mol. The van der Waals surface area contributed by atoms with Gasteiger partial charge in [-0.25, -0.2) is 8.42 Å². The number of hydrogen-bond donors (Lipinski definition) is 1. The second-order valence-corrected chi connectivity index (χ2v) is 8.21. The van der Waals surface area contributed by atoms with E-state index in [-0.39, 0.29) is 12.5 Å². The molecule has 2 aromatic carbocycles. The number of ether oxygens (including phenoxy) is 1. The van der Waals surface area contributed by atoms with E-state index >= 15 is 0 Å². The molecule has 0 aromatic heterocycles. The Morgan fingerprint density at radius 2 is 1.89 bits per heavy atom. The van der Waals surface area contributed by atoms with Gasteiger partial charge in [-0.3, -0.25) is 9.10 Å². The summed E-state index contributed by atoms with van der Waals surface area (Å²) in [7, 11) is -2.07. The van der Waals surface area contributed by atoms with Gasteiger partial charge in [-0.05, 0) is 37.1 Å². The number of sulfonamides is 1. The molecule has 0 saturated heterocycles. The minimum atomic E-state index is -3.64. The first-order chi connectivity index (χ1) is 12.8. The van der Waals surface area contributed by atoms with E-state index in [2.05, 4.69) is 5.32 Å². The van der Waals surface area contributed by atoms with Crippen LogP contribution in [0.1, 0.15) is 24.5 Å². The molecule has 27 heavy (non-hydrogen) atoms. The molecule has 7 heteroatoms. The van der Waals surface area contributed by atoms with Crippen LogP contribution in [0.3, 0.4) is 0 Å². The van der Waals surface area contributed by atoms with E-state index in [0.717, 1.165) is 17.4 Å². The zero-order valence-corrected chi connectivity index (χ0v) is 16.9. The third-order valence-electron chi connectivity index (χ3n) is 4.23. The zero-order chi connectivity index (χ0) is 20.0. The molecular weight excluding hydrogens is 364 g/mol. The van der Waals surface area contributed by atoms with Crippen molar-refractivity contribution in [1.29, 1.82) is 0 Å². The topological polar surface area (TPSA) is 75.7 Å². The first kappa shape index (κ1) is 20.8. The fraction of sp³-hybridized carbons (Fsp3) is 0.350. The summed E-state index contributed by atoms with van der Waals surface area (Å²) in [4.78, 5) is 12.8. The number of hydrogen-bond acceptors (Lipinski definition) is 4. The number of benzene rings is 2. The van der Waals surface area contributed by atoms with E-state index in [1.165, 1.54) is 4.31 Å². The van der Waals surface area contributed by atoms with Gasteiger partial charge in [0.25, 0.3) is 0 Å². The van der Waals surface area contributed by atoms with E-state index in [4.69, 9.17) is 4.74 Å². The van der Waals surface area contributed by atoms with Gasteiger partial charge in [-0.2, -0.15) is 0 Å². The number of nitrogens with one attached hydrogen (secondary N) is 1. The van der Waals surface area contributed by atoms with E-state index in [1.807, 2.05) is 37.3 Å². The maximum absolute atomic E-state index is 12.8. The van der Waals surface area contributed by atoms with E-state index in [0.29, 0.717) is 17.9 Å². The fourth-order valence-corrected chi connectivity index (χ4v) is 4.18. The molecule has 1 N–H and O–H groups in total. The number of rotatable bonds is 8. The molecule has 2 rings (SSSR count). The van der Waals surface area contributed by atoms with Gasteiger partial charge < -0.3 is 10.1 Å². The van der Waals surface area contributed by atoms with Crippen molar-refractivity contribution < 1.29 is 17.9 Å². The lowest BCUT2D eigenvalue weighted by molar-refractivity contribution is -0.122. The first-order valence-corrected chi connectivity index (χ1v) is 10.6. The van der Waals surface area contributed by atoms with Gasteiger partial charge >= 0.3 is 0 Å². The maximum atomic E-state index is 12.8. The van der Waals surface area contributed by atoms with Crippen molar-refractivity contribution in [2.75, 3.05) is 17.7 Å². The van der Waals surface area contributed by atoms with Gasteiger partial charge in [0, 0.05) is 12.1 Å². The van der Waals surface area contributed by atoms with Crippen molar-refractivity contribution >= 4 is 21.6 Å². The molecule has 0 aliphatic rings. The number of aryl methyl sites for hydroxylation is 1. The molecule has 0 unspecified atom stereocenters. The Bertz CT molecular complexity index is 896. The summed E-state index contributed by atoms with van der Waals surface area (Å²) in [5.41, 5.74) is 2.23. The predicted molar refractivity (Wildman–Crippen MR) is 107 cm³/mol. The van der Waals surface area contributed by atoms with Crippen molar-refractivity contribution in [3.63, 3.8) is 0 Å². The van der Waals surface area contributed by atoms with Crippen molar-refractivity contribution in [1.82, 2.24) is 5.32 Å². The Morgan fingerprint density at radius 1 is 1.19 bits per heavy atom. The van der Waals surface area contributed by atoms with Gasteiger partial charge in [0.2, 0.25) is 15.9 Å². The number of methoxy groups -OCH3 is 1. The molecule has 0 fully saturated rings. The number of carbonyl (C=O) groups excluding carboxylic acids is 1. The zero-order valence-electron chi connectivity index (χ0n) is 16.1. The van der Waals surface area contributed by atoms with Crippen LogP contribution in [0.15, 0.2) is 48.5 Å². The van der Waals surface area contributed by atoms with Crippen LogP contribution in [-0.2, 0) is 21.4 Å². The van der Waals surface area contributed by atoms with Crippen LogP contribution in [0, 0.1) is 6.92 Å². The van der Waals surface area contributed by atoms with Crippen molar-refractivity contribution in [2.45, 2.75) is 32.9 Å². The number of anilines is 1. The third kappa shape index (κ3) is 5.23. The molecule has 0 radical (unpaired) electrons. The molecule has 6 nitrogen and oxygen atoms in total. The second kappa shape index (κ2) is 8.90. The highest BCUT2D eigenvalue weighted by molar-refractivity contribution is 7.92. The van der Waals surface area contributed by atoms with Gasteiger partial charge in [0.15, 0.2) is 0 Å². The van der Waals surface area contributed by atoms with Crippen molar-refractivity contribution in [3.8, 4) is 5.75 Å². The lowest BCUT2D eigenvalue weighted by Gasteiger charge is -2.30. The minimum absolute atomic E-state index is 0.255. The summed E-state index contributed by atoms with van der Waals surface area (Å²) in [5.74, 6) is 0.319. The van der Waals surface area contributed by atoms with Crippen LogP contribution in [-0.4, -0.2) is 33.7 Å². The van der Waals surface area contributed by atoms with E-state index in [9.17, 15) is 13.2 Å². The molecule has 1 atom stereocenters. The highest BCUT2D eigenvalue weighted by atomic mass is 32.2. The average molecular weight is 391 g/mol. The molecule has 146 valence electrons. The largest absolute Gasteiger partial charge is 0.496 e. The van der Waals surface area contributed by atoms with E-state index in [1.54, 1.807) is 32.2 Å². The van der Waals surface area contributed by atoms with Crippen LogP contribution in [0.5, 0.6) is 5.75 Å². The molecule has 0 spiro atoms. The molecular formula is C20H26N2O4S. The molecule has 0 saturated carbocycles. The summed E-state index contributed by atoms with van der Waals surface area (Å²) in [5, 5.41) is 2.84. The predicted octanol–water partition coefficient (Wildman–Crippen LogP) is 2.86. The minimum Gasteiger partial charge on any atom is -0.496 e. The fourth-order valence-electron chi connectivity index (χ4n) is 2.97. The molecule has 0 bridgehead atoms. The van der Waals surface area contributed by atoms with Gasteiger partial charge in [-0.1, -0.05) is 37.3 Å². The second-order valence-electron chi connectivity index (χ2n) is 6.35. The van der Waals surface area contributed by atoms with Gasteiger partial charge in [0.05, 0.1) is 19.1 Å². The standard InChI is InChI=1S/C20H26N2O4S/c1-5-18(20(23)21-14-16-10-6-7-12-19(16)26-3)22(27(4,24)25)17-11-8-9-15(2)13-17/h6-13,18H,5,14H2,1-4H3,(H,21,23)/t18-/m0/s1. The van der Waals surface area contributed by atoms with Crippen LogP contribution < -0.4 is 14.4 Å². The van der Waals surface area contributed by atoms with Gasteiger partial charge in [0.1, 0.15) is 11.8 Å². The van der Waals surface area contributed by atoms with Gasteiger partial charge in [-0.15, -0.1) is 0 Å². The average Bonchev–Trinajstić information content (AvgIpc) is 2.63. The Hall–Kier alpha value is -2.54. The maximum Gasteiger partial charge on any atom is 0.244 e. The summed E-state index contributed by atoms with van der Waals surface area (Å²) in [6, 6.07) is 13.7. The Labute approximate surface area is 161 Å². The van der Waals surface area contributed by atoms with Crippen molar-refractivity contribution in [3.05, 3.63) is 59.7 Å². The molecule has 1 amide bonds. The number of nitrogens with zero attached hydrogens (tertiary/aromatic N) is 1. The van der Waals surface area contributed by atoms with Crippen LogP contribution in [0.4, 0.5) is 5.69 Å². The van der Waals surface area contributed by atoms with Crippen LogP contribution in [0.2, 0.25) is 0 Å². The number of amides is 1. The lowest BCUT2D eigenvalue weighted by atomic mass is 10.1. The van der Waals surface area contributed by atoms with Crippen LogP contribution in [0.25, 0.3) is 0 Å². The lowest BCUT2D eigenvalue weighted by Crippen LogP contribution is -2.49. The number of para-hydroxylation sites is 1. The smallest absolute Gasteiger partial charge is 0.244 e. The van der Waals surface area contributed by atoms with E-state index < -0.39 is 16.1 Å². The molecule has 0 aliphatic carbocycles. The number of carbonyl (C=O) groups is 1. The summed E-state index contributed by atoms with van der Waals surface area (Å²) >= 11 is 0. The Morgan fingerprint density at radius 3 is 2.48 bits per heavy atom. The highest BCUT2D eigenvalue weighted by Gasteiger charge is 2.31. The molecule has 2 aromatic rings. The van der Waals surface area contributed by atoms with Crippen LogP contribution >= 0.6 is 0 Å². The molecule has 0 heterocycles.